The fourth-order valence-corrected chi connectivity index (χ4v) is 3.79. The Labute approximate surface area is 167 Å². The van der Waals surface area contributed by atoms with E-state index in [1.165, 1.54) is 25.3 Å². The lowest BCUT2D eigenvalue weighted by Crippen LogP contribution is -2.35. The average Bonchev–Trinajstić information content (AvgIpc) is 3.35. The van der Waals surface area contributed by atoms with Gasteiger partial charge in [0, 0.05) is 19.0 Å². The van der Waals surface area contributed by atoms with Gasteiger partial charge < -0.3 is 19.7 Å². The summed E-state index contributed by atoms with van der Waals surface area (Å²) in [5.74, 6) is -1.69. The van der Waals surface area contributed by atoms with E-state index in [0.29, 0.717) is 6.54 Å². The van der Waals surface area contributed by atoms with Crippen LogP contribution in [0.2, 0.25) is 0 Å². The molecule has 3 rings (SSSR count). The first-order chi connectivity index (χ1) is 13.9. The van der Waals surface area contributed by atoms with E-state index in [0.717, 1.165) is 25.7 Å². The fraction of sp³-hybridized carbons (Fsp3) is 0.526. The number of ether oxygens (including phenoxy) is 2. The number of rotatable bonds is 7. The van der Waals surface area contributed by atoms with Gasteiger partial charge in [0.05, 0.1) is 24.0 Å². The Hall–Kier alpha value is -3.17. The minimum atomic E-state index is -0.705. The molecular weight excluding hydrogens is 382 g/mol. The van der Waals surface area contributed by atoms with Crippen LogP contribution in [0.1, 0.15) is 32.1 Å². The molecule has 1 saturated heterocycles. The first-order valence-electron chi connectivity index (χ1n) is 9.47. The van der Waals surface area contributed by atoms with Crippen LogP contribution in [0.3, 0.4) is 0 Å². The van der Waals surface area contributed by atoms with Gasteiger partial charge in [-0.25, -0.2) is 0 Å². The van der Waals surface area contributed by atoms with Crippen LogP contribution in [-0.4, -0.2) is 53.9 Å². The van der Waals surface area contributed by atoms with Gasteiger partial charge in [0.2, 0.25) is 5.91 Å². The molecule has 1 saturated carbocycles. The molecule has 0 spiro atoms. The number of nitro groups is 1. The van der Waals surface area contributed by atoms with Gasteiger partial charge in [-0.15, -0.1) is 0 Å². The molecule has 1 atom stereocenters. The molecule has 1 aromatic carbocycles. The van der Waals surface area contributed by atoms with E-state index in [1.54, 1.807) is 4.90 Å². The maximum atomic E-state index is 12.3. The molecule has 1 aromatic rings. The Morgan fingerprint density at radius 2 is 2.03 bits per heavy atom. The van der Waals surface area contributed by atoms with Crippen molar-refractivity contribution in [1.82, 2.24) is 4.90 Å². The zero-order valence-electron chi connectivity index (χ0n) is 16.1. The predicted octanol–water partition coefficient (Wildman–Crippen LogP) is 1.88. The molecule has 10 heteroatoms. The van der Waals surface area contributed by atoms with Crippen molar-refractivity contribution in [3.63, 3.8) is 0 Å². The minimum Gasteiger partial charge on any atom is -0.496 e. The summed E-state index contributed by atoms with van der Waals surface area (Å²) in [5, 5.41) is 13.5. The second-order valence-electron chi connectivity index (χ2n) is 7.18. The van der Waals surface area contributed by atoms with Gasteiger partial charge in [-0.05, 0) is 25.0 Å². The minimum absolute atomic E-state index is 0.0275. The van der Waals surface area contributed by atoms with Gasteiger partial charge in [0.1, 0.15) is 11.4 Å². The molecule has 10 nitrogen and oxygen atoms in total. The smallest absolute Gasteiger partial charge is 0.311 e. The Balaban J connectivity index is 1.52. The van der Waals surface area contributed by atoms with Gasteiger partial charge in [-0.2, -0.15) is 0 Å². The second-order valence-corrected chi connectivity index (χ2v) is 7.18. The van der Waals surface area contributed by atoms with Crippen molar-refractivity contribution in [3.8, 4) is 5.75 Å². The number of hydrogen-bond acceptors (Lipinski definition) is 7. The highest BCUT2D eigenvalue weighted by Crippen LogP contribution is 2.30. The average molecular weight is 405 g/mol. The normalized spacial score (nSPS) is 19.3. The van der Waals surface area contributed by atoms with Crippen molar-refractivity contribution < 1.29 is 28.8 Å². The monoisotopic (exact) mass is 405 g/mol. The highest BCUT2D eigenvalue weighted by molar-refractivity contribution is 5.95. The van der Waals surface area contributed by atoms with Crippen LogP contribution in [0.5, 0.6) is 5.75 Å². The number of anilines is 1. The number of amides is 2. The molecule has 0 aromatic heterocycles. The molecule has 29 heavy (non-hydrogen) atoms. The Morgan fingerprint density at radius 1 is 1.31 bits per heavy atom. The summed E-state index contributed by atoms with van der Waals surface area (Å²) in [6, 6.07) is 4.19. The number of carbonyl (C=O) groups excluding carboxylic acids is 3. The number of esters is 1. The zero-order chi connectivity index (χ0) is 21.0. The number of nitrogens with one attached hydrogen (secondary N) is 1. The third-order valence-electron chi connectivity index (χ3n) is 5.28. The maximum absolute atomic E-state index is 12.3. The number of hydrogen-bond donors (Lipinski definition) is 1. The summed E-state index contributed by atoms with van der Waals surface area (Å²) in [6.07, 6.45) is 4.16. The van der Waals surface area contributed by atoms with E-state index >= 15 is 0 Å². The van der Waals surface area contributed by atoms with Gasteiger partial charge in [-0.1, -0.05) is 12.8 Å². The second kappa shape index (κ2) is 8.89. The topological polar surface area (TPSA) is 128 Å². The first-order valence-corrected chi connectivity index (χ1v) is 9.47. The predicted molar refractivity (Wildman–Crippen MR) is 101 cm³/mol. The number of benzene rings is 1. The Morgan fingerprint density at radius 3 is 2.69 bits per heavy atom. The van der Waals surface area contributed by atoms with E-state index in [4.69, 9.17) is 9.47 Å². The highest BCUT2D eigenvalue weighted by atomic mass is 16.6. The van der Waals surface area contributed by atoms with Crippen LogP contribution in [0, 0.1) is 16.0 Å². The van der Waals surface area contributed by atoms with Crippen molar-refractivity contribution in [3.05, 3.63) is 28.3 Å². The zero-order valence-corrected chi connectivity index (χ0v) is 16.1. The van der Waals surface area contributed by atoms with Gasteiger partial charge >= 0.3 is 5.97 Å². The van der Waals surface area contributed by atoms with E-state index < -0.39 is 29.3 Å². The summed E-state index contributed by atoms with van der Waals surface area (Å²) in [5.41, 5.74) is -0.363. The number of carbonyl (C=O) groups is 3. The molecule has 1 aliphatic heterocycles. The standard InChI is InChI=1S/C19H23N3O7/c1-28-14-6-7-15(16(9-14)22(26)27)20-17(23)11-29-19(25)12-8-18(24)21(10-12)13-4-2-3-5-13/h6-7,9,12-13H,2-5,8,10-11H2,1H3,(H,20,23)/t12-/m1/s1. The van der Waals surface area contributed by atoms with Gasteiger partial charge in [0.25, 0.3) is 11.6 Å². The molecular formula is C19H23N3O7. The lowest BCUT2D eigenvalue weighted by Gasteiger charge is -2.23. The number of nitrogens with zero attached hydrogens (tertiary/aromatic N) is 2. The molecule has 2 fully saturated rings. The maximum Gasteiger partial charge on any atom is 0.311 e. The van der Waals surface area contributed by atoms with Crippen LogP contribution < -0.4 is 10.1 Å². The molecule has 0 radical (unpaired) electrons. The number of methoxy groups -OCH3 is 1. The van der Waals surface area contributed by atoms with E-state index in [9.17, 15) is 24.5 Å². The lowest BCUT2D eigenvalue weighted by atomic mass is 10.1. The molecule has 156 valence electrons. The fourth-order valence-electron chi connectivity index (χ4n) is 3.79. The molecule has 2 amide bonds. The molecule has 0 unspecified atom stereocenters. The molecule has 2 aliphatic rings. The van der Waals surface area contributed by atoms with Crippen LogP contribution in [-0.2, 0) is 19.1 Å². The van der Waals surface area contributed by atoms with E-state index in [1.807, 2.05) is 0 Å². The first kappa shape index (κ1) is 20.6. The van der Waals surface area contributed by atoms with Crippen molar-refractivity contribution in [2.24, 2.45) is 5.92 Å². The summed E-state index contributed by atoms with van der Waals surface area (Å²) >= 11 is 0. The van der Waals surface area contributed by atoms with Crippen molar-refractivity contribution in [2.45, 2.75) is 38.1 Å². The third-order valence-corrected chi connectivity index (χ3v) is 5.28. The van der Waals surface area contributed by atoms with Crippen LogP contribution in [0.25, 0.3) is 0 Å². The lowest BCUT2D eigenvalue weighted by molar-refractivity contribution is -0.384. The van der Waals surface area contributed by atoms with E-state index in [-0.39, 0.29) is 35.5 Å². The van der Waals surface area contributed by atoms with Crippen molar-refractivity contribution in [2.75, 3.05) is 25.6 Å². The number of nitro benzene ring substituents is 1. The Kier molecular flexibility index (Phi) is 6.30. The summed E-state index contributed by atoms with van der Waals surface area (Å²) in [6.45, 7) is -0.274. The van der Waals surface area contributed by atoms with E-state index in [2.05, 4.69) is 5.32 Å². The van der Waals surface area contributed by atoms with Crippen molar-refractivity contribution >= 4 is 29.2 Å². The molecule has 0 bridgehead atoms. The Bertz CT molecular complexity index is 820. The van der Waals surface area contributed by atoms with Crippen molar-refractivity contribution in [1.29, 1.82) is 0 Å². The summed E-state index contributed by atoms with van der Waals surface area (Å²) in [7, 11) is 1.37. The van der Waals surface area contributed by atoms with Crippen LogP contribution >= 0.6 is 0 Å². The highest BCUT2D eigenvalue weighted by Gasteiger charge is 2.39. The van der Waals surface area contributed by atoms with Gasteiger partial charge in [0.15, 0.2) is 6.61 Å². The molecule has 1 aliphatic carbocycles. The molecule has 1 N–H and O–H groups in total. The third kappa shape index (κ3) is 4.82. The van der Waals surface area contributed by atoms with Crippen LogP contribution in [0.15, 0.2) is 18.2 Å². The SMILES string of the molecule is COc1ccc(NC(=O)COC(=O)[C@@H]2CC(=O)N(C3CCCC3)C2)c([N+](=O)[O-])c1. The largest absolute Gasteiger partial charge is 0.496 e. The summed E-state index contributed by atoms with van der Waals surface area (Å²) in [4.78, 5) is 48.8. The van der Waals surface area contributed by atoms with Gasteiger partial charge in [-0.3, -0.25) is 24.5 Å². The van der Waals surface area contributed by atoms with Crippen LogP contribution in [0.4, 0.5) is 11.4 Å². The number of likely N-dealkylation sites (tertiary alicyclic amines) is 1. The quantitative estimate of drug-likeness (QED) is 0.417. The molecule has 1 heterocycles. The summed E-state index contributed by atoms with van der Waals surface area (Å²) < 4.78 is 9.98.